The highest BCUT2D eigenvalue weighted by atomic mass is 19.4. The van der Waals surface area contributed by atoms with Gasteiger partial charge < -0.3 is 0 Å². The molecule has 2 aromatic rings. The van der Waals surface area contributed by atoms with E-state index in [2.05, 4.69) is 5.43 Å². The molecule has 0 unspecified atom stereocenters. The summed E-state index contributed by atoms with van der Waals surface area (Å²) in [5.74, 6) is -1.08. The van der Waals surface area contributed by atoms with Gasteiger partial charge in [-0.15, -0.1) is 0 Å². The second-order valence-electron chi connectivity index (χ2n) is 6.61. The number of halogens is 4. The molecule has 7 heteroatoms. The molecule has 0 radical (unpaired) electrons. The monoisotopic (exact) mass is 340 g/mol. The van der Waals surface area contributed by atoms with Gasteiger partial charge in [-0.05, 0) is 42.3 Å². The van der Waals surface area contributed by atoms with Gasteiger partial charge in [0.2, 0.25) is 5.91 Å². The Kier molecular flexibility index (Phi) is 3.79. The van der Waals surface area contributed by atoms with Gasteiger partial charge in [-0.3, -0.25) is 10.2 Å². The molecule has 1 aliphatic heterocycles. The van der Waals surface area contributed by atoms with Crippen molar-refractivity contribution in [2.24, 2.45) is 5.41 Å². The first-order valence-electron chi connectivity index (χ1n) is 7.42. The number of nitrogens with zero attached hydrogens (tertiary/aromatic N) is 1. The average molecular weight is 340 g/mol. The summed E-state index contributed by atoms with van der Waals surface area (Å²) >= 11 is 0. The summed E-state index contributed by atoms with van der Waals surface area (Å²) in [5.41, 5.74) is 1.29. The second-order valence-corrected chi connectivity index (χ2v) is 6.61. The fourth-order valence-electron chi connectivity index (χ4n) is 3.00. The molecule has 1 saturated heterocycles. The summed E-state index contributed by atoms with van der Waals surface area (Å²) in [6.45, 7) is 3.07. The molecule has 0 bridgehead atoms. The predicted octanol–water partition coefficient (Wildman–Crippen LogP) is 3.96. The average Bonchev–Trinajstić information content (AvgIpc) is 2.71. The number of nitrogens with one attached hydrogen (secondary N) is 1. The number of hydrogen-bond donors (Lipinski definition) is 1. The van der Waals surface area contributed by atoms with E-state index in [0.29, 0.717) is 5.39 Å². The van der Waals surface area contributed by atoms with E-state index in [0.717, 1.165) is 11.1 Å². The van der Waals surface area contributed by atoms with Crippen molar-refractivity contribution in [3.05, 3.63) is 47.8 Å². The molecule has 1 N–H and O–H groups in total. The fourth-order valence-corrected chi connectivity index (χ4v) is 3.00. The number of fused-ring (bicyclic) bond motifs is 1. The van der Waals surface area contributed by atoms with Crippen LogP contribution in [0.25, 0.3) is 10.8 Å². The lowest BCUT2D eigenvalue weighted by Crippen LogP contribution is -2.43. The lowest BCUT2D eigenvalue weighted by molar-refractivity contribution is -0.191. The molecule has 0 saturated carbocycles. The summed E-state index contributed by atoms with van der Waals surface area (Å²) in [6.07, 6.45) is -4.63. The van der Waals surface area contributed by atoms with Crippen LogP contribution in [0.15, 0.2) is 36.4 Å². The summed E-state index contributed by atoms with van der Waals surface area (Å²) in [5, 5.41) is 1.58. The van der Waals surface area contributed by atoms with E-state index in [9.17, 15) is 22.4 Å². The number of rotatable bonds is 2. The van der Waals surface area contributed by atoms with Gasteiger partial charge in [-0.2, -0.15) is 13.2 Å². The molecule has 3 nitrogen and oxygen atoms in total. The Balaban J connectivity index is 2.15. The molecule has 1 amide bonds. The Hall–Kier alpha value is -2.15. The van der Waals surface area contributed by atoms with Crippen LogP contribution in [0.4, 0.5) is 17.6 Å². The first-order valence-corrected chi connectivity index (χ1v) is 7.42. The van der Waals surface area contributed by atoms with Crippen LogP contribution in [0.3, 0.4) is 0 Å². The van der Waals surface area contributed by atoms with E-state index < -0.39 is 29.4 Å². The van der Waals surface area contributed by atoms with Gasteiger partial charge >= 0.3 is 6.18 Å². The summed E-state index contributed by atoms with van der Waals surface area (Å²) < 4.78 is 54.9. The molecule has 1 atom stereocenters. The van der Waals surface area contributed by atoms with Gasteiger partial charge in [-0.1, -0.05) is 24.3 Å². The first kappa shape index (κ1) is 16.7. The van der Waals surface area contributed by atoms with Crippen molar-refractivity contribution in [3.63, 3.8) is 0 Å². The Morgan fingerprint density at radius 2 is 1.92 bits per heavy atom. The van der Waals surface area contributed by atoms with E-state index in [-0.39, 0.29) is 17.5 Å². The topological polar surface area (TPSA) is 32.3 Å². The van der Waals surface area contributed by atoms with Crippen molar-refractivity contribution < 1.29 is 22.4 Å². The van der Waals surface area contributed by atoms with Gasteiger partial charge in [0.1, 0.15) is 5.82 Å². The molecule has 2 aromatic carbocycles. The third kappa shape index (κ3) is 2.84. The molecular formula is C17H16F4N2O. The van der Waals surface area contributed by atoms with Gasteiger partial charge in [0.25, 0.3) is 0 Å². The molecule has 0 spiro atoms. The quantitative estimate of drug-likeness (QED) is 0.840. The zero-order valence-corrected chi connectivity index (χ0v) is 13.1. The van der Waals surface area contributed by atoms with Crippen LogP contribution in [0.2, 0.25) is 0 Å². The summed E-state index contributed by atoms with van der Waals surface area (Å²) in [4.78, 5) is 11.9. The minimum atomic E-state index is -4.63. The summed E-state index contributed by atoms with van der Waals surface area (Å²) in [7, 11) is 0. The maximum Gasteiger partial charge on any atom is 0.409 e. The molecule has 0 aromatic heterocycles. The number of amides is 1. The van der Waals surface area contributed by atoms with Gasteiger partial charge in [-0.25, -0.2) is 9.40 Å². The van der Waals surface area contributed by atoms with Crippen LogP contribution in [0.1, 0.15) is 25.5 Å². The zero-order valence-electron chi connectivity index (χ0n) is 13.1. The standard InChI is InChI=1S/C17H16F4N2O/c1-16(2)9-23(22-15(16)24)14(17(19,20)21)12-5-3-4-10-6-7-11(18)8-13(10)12/h3-8,14H,9H2,1-2H3,(H,22,24)/t14-/m0/s1. The van der Waals surface area contributed by atoms with E-state index in [1.165, 1.54) is 24.3 Å². The van der Waals surface area contributed by atoms with Crippen LogP contribution in [0.5, 0.6) is 0 Å². The smallest absolute Gasteiger partial charge is 0.287 e. The van der Waals surface area contributed by atoms with Crippen LogP contribution in [-0.4, -0.2) is 23.6 Å². The number of carbonyl (C=O) groups is 1. The minimum absolute atomic E-state index is 0.0856. The van der Waals surface area contributed by atoms with E-state index >= 15 is 0 Å². The highest BCUT2D eigenvalue weighted by molar-refractivity contribution is 5.87. The molecule has 1 heterocycles. The number of carbonyl (C=O) groups excluding carboxylic acids is 1. The normalized spacial score (nSPS) is 19.5. The Bertz CT molecular complexity index is 801. The van der Waals surface area contributed by atoms with Gasteiger partial charge in [0.05, 0.1) is 5.41 Å². The number of alkyl halides is 3. The SMILES string of the molecule is CC1(C)CN([C@@H](c2cccc3ccc(F)cc23)C(F)(F)F)NC1=O. The first-order chi connectivity index (χ1) is 11.1. The zero-order chi connectivity index (χ0) is 17.7. The van der Waals surface area contributed by atoms with Crippen LogP contribution < -0.4 is 5.43 Å². The van der Waals surface area contributed by atoms with Crippen molar-refractivity contribution in [2.75, 3.05) is 6.54 Å². The molecular weight excluding hydrogens is 324 g/mol. The number of hydrogen-bond acceptors (Lipinski definition) is 2. The lowest BCUT2D eigenvalue weighted by Gasteiger charge is -2.30. The largest absolute Gasteiger partial charge is 0.409 e. The Labute approximate surface area is 136 Å². The van der Waals surface area contributed by atoms with Crippen LogP contribution in [0, 0.1) is 11.2 Å². The molecule has 1 fully saturated rings. The van der Waals surface area contributed by atoms with Crippen molar-refractivity contribution in [3.8, 4) is 0 Å². The lowest BCUT2D eigenvalue weighted by atomic mass is 9.93. The van der Waals surface area contributed by atoms with Crippen LogP contribution in [-0.2, 0) is 4.79 Å². The van der Waals surface area contributed by atoms with Gasteiger partial charge in [0.15, 0.2) is 6.04 Å². The number of hydrazine groups is 1. The van der Waals surface area contributed by atoms with E-state index in [4.69, 9.17) is 0 Å². The van der Waals surface area contributed by atoms with Crippen molar-refractivity contribution in [1.29, 1.82) is 0 Å². The molecule has 24 heavy (non-hydrogen) atoms. The van der Waals surface area contributed by atoms with E-state index in [1.54, 1.807) is 19.9 Å². The minimum Gasteiger partial charge on any atom is -0.287 e. The highest BCUT2D eigenvalue weighted by Crippen LogP contribution is 2.42. The third-order valence-electron chi connectivity index (χ3n) is 4.22. The maximum atomic E-state index is 13.8. The maximum absolute atomic E-state index is 13.8. The van der Waals surface area contributed by atoms with Crippen molar-refractivity contribution in [2.45, 2.75) is 26.1 Å². The molecule has 0 aliphatic carbocycles. The Morgan fingerprint density at radius 1 is 1.21 bits per heavy atom. The van der Waals surface area contributed by atoms with Crippen molar-refractivity contribution in [1.82, 2.24) is 10.4 Å². The third-order valence-corrected chi connectivity index (χ3v) is 4.22. The molecule has 1 aliphatic rings. The van der Waals surface area contributed by atoms with E-state index in [1.807, 2.05) is 0 Å². The molecule has 3 rings (SSSR count). The number of benzene rings is 2. The second kappa shape index (κ2) is 5.44. The van der Waals surface area contributed by atoms with Gasteiger partial charge in [0, 0.05) is 6.54 Å². The molecule has 128 valence electrons. The summed E-state index contributed by atoms with van der Waals surface area (Å²) in [6, 6.07) is 6.12. The van der Waals surface area contributed by atoms with Crippen molar-refractivity contribution >= 4 is 16.7 Å². The Morgan fingerprint density at radius 3 is 2.50 bits per heavy atom. The fraction of sp³-hybridized carbons (Fsp3) is 0.353. The highest BCUT2D eigenvalue weighted by Gasteiger charge is 2.51. The predicted molar refractivity (Wildman–Crippen MR) is 81.3 cm³/mol. The van der Waals surface area contributed by atoms with Crippen LogP contribution >= 0.6 is 0 Å².